The zero-order valence-corrected chi connectivity index (χ0v) is 14.0. The van der Waals surface area contributed by atoms with Crippen LogP contribution in [0.3, 0.4) is 0 Å². The summed E-state index contributed by atoms with van der Waals surface area (Å²) in [6, 6.07) is -0.488. The fourth-order valence-corrected chi connectivity index (χ4v) is 2.41. The number of hydrogen-bond acceptors (Lipinski definition) is 3. The summed E-state index contributed by atoms with van der Waals surface area (Å²) in [6.07, 6.45) is 18.6. The van der Waals surface area contributed by atoms with Crippen molar-refractivity contribution in [3.05, 3.63) is 12.2 Å². The van der Waals surface area contributed by atoms with E-state index in [-0.39, 0.29) is 6.61 Å². The summed E-state index contributed by atoms with van der Waals surface area (Å²) in [4.78, 5) is 0. The van der Waals surface area contributed by atoms with Crippen LogP contribution in [0.4, 0.5) is 0 Å². The molecule has 0 aliphatic carbocycles. The van der Waals surface area contributed by atoms with Crippen molar-refractivity contribution in [3.8, 4) is 0 Å². The van der Waals surface area contributed by atoms with Crippen molar-refractivity contribution in [2.24, 2.45) is 5.73 Å². The van der Waals surface area contributed by atoms with E-state index in [0.717, 1.165) is 19.3 Å². The average molecular weight is 299 g/mol. The summed E-state index contributed by atoms with van der Waals surface area (Å²) in [7, 11) is 0. The molecule has 0 bridgehead atoms. The van der Waals surface area contributed by atoms with Crippen LogP contribution in [0.2, 0.25) is 0 Å². The predicted molar refractivity (Wildman–Crippen MR) is 91.3 cm³/mol. The Morgan fingerprint density at radius 1 is 0.857 bits per heavy atom. The monoisotopic (exact) mass is 299 g/mol. The van der Waals surface area contributed by atoms with E-state index in [9.17, 15) is 5.11 Å². The first-order valence-electron chi connectivity index (χ1n) is 8.91. The first-order valence-corrected chi connectivity index (χ1v) is 8.91. The second-order valence-electron chi connectivity index (χ2n) is 6.08. The minimum absolute atomic E-state index is 0.139. The normalized spacial score (nSPS) is 14.7. The van der Waals surface area contributed by atoms with E-state index < -0.39 is 12.1 Å². The Labute approximate surface area is 131 Å². The lowest BCUT2D eigenvalue weighted by Crippen LogP contribution is -2.37. The molecule has 0 fully saturated rings. The van der Waals surface area contributed by atoms with Crippen molar-refractivity contribution in [1.82, 2.24) is 0 Å². The van der Waals surface area contributed by atoms with Gasteiger partial charge in [-0.05, 0) is 32.1 Å². The van der Waals surface area contributed by atoms with Crippen LogP contribution in [0.25, 0.3) is 0 Å². The lowest BCUT2D eigenvalue weighted by atomic mass is 10.0. The molecule has 4 N–H and O–H groups in total. The Bertz CT molecular complexity index is 231. The van der Waals surface area contributed by atoms with Gasteiger partial charge in [0, 0.05) is 0 Å². The Hall–Kier alpha value is -0.380. The highest BCUT2D eigenvalue weighted by molar-refractivity contribution is 4.81. The lowest BCUT2D eigenvalue weighted by Gasteiger charge is -2.15. The Morgan fingerprint density at radius 3 is 1.95 bits per heavy atom. The quantitative estimate of drug-likeness (QED) is 0.317. The maximum absolute atomic E-state index is 9.59. The van der Waals surface area contributed by atoms with Gasteiger partial charge in [-0.1, -0.05) is 64.0 Å². The molecule has 0 aliphatic heterocycles. The maximum Gasteiger partial charge on any atom is 0.0713 e. The van der Waals surface area contributed by atoms with Crippen LogP contribution in [-0.4, -0.2) is 29.0 Å². The molecule has 0 aromatic carbocycles. The second-order valence-corrected chi connectivity index (χ2v) is 6.08. The van der Waals surface area contributed by atoms with E-state index in [0.29, 0.717) is 6.42 Å². The molecule has 0 saturated heterocycles. The van der Waals surface area contributed by atoms with E-state index in [2.05, 4.69) is 19.1 Å². The van der Waals surface area contributed by atoms with Crippen molar-refractivity contribution in [1.29, 1.82) is 0 Å². The molecule has 21 heavy (non-hydrogen) atoms. The van der Waals surface area contributed by atoms with Crippen LogP contribution in [-0.2, 0) is 0 Å². The highest BCUT2D eigenvalue weighted by Crippen LogP contribution is 2.10. The number of nitrogens with two attached hydrogens (primary N) is 1. The molecule has 0 aliphatic rings. The first kappa shape index (κ1) is 20.6. The smallest absolute Gasteiger partial charge is 0.0713 e. The third-order valence-electron chi connectivity index (χ3n) is 3.97. The number of hydrogen-bond donors (Lipinski definition) is 3. The van der Waals surface area contributed by atoms with E-state index in [1.54, 1.807) is 0 Å². The summed E-state index contributed by atoms with van der Waals surface area (Å²) in [6.45, 7) is 2.12. The highest BCUT2D eigenvalue weighted by atomic mass is 16.3. The Morgan fingerprint density at radius 2 is 1.38 bits per heavy atom. The average Bonchev–Trinajstić information content (AvgIpc) is 2.50. The summed E-state index contributed by atoms with van der Waals surface area (Å²) in [5.41, 5.74) is 5.55. The zero-order valence-electron chi connectivity index (χ0n) is 14.0. The highest BCUT2D eigenvalue weighted by Gasteiger charge is 2.12. The molecule has 0 saturated carbocycles. The minimum atomic E-state index is -0.563. The van der Waals surface area contributed by atoms with Crippen molar-refractivity contribution in [2.45, 2.75) is 96.1 Å². The standard InChI is InChI=1S/C18H37NO2/c1-2-3-4-5-6-7-8-9-10-11-12-13-14-15-18(21)17(19)16-20/h10-11,17-18,20-21H,2-9,12-16,19H2,1H3/b11-10+. The van der Waals surface area contributed by atoms with E-state index >= 15 is 0 Å². The molecule has 0 heterocycles. The van der Waals surface area contributed by atoms with Gasteiger partial charge in [0.05, 0.1) is 18.8 Å². The summed E-state index contributed by atoms with van der Waals surface area (Å²) in [5.74, 6) is 0. The van der Waals surface area contributed by atoms with Crippen LogP contribution >= 0.6 is 0 Å². The van der Waals surface area contributed by atoms with Gasteiger partial charge < -0.3 is 15.9 Å². The third kappa shape index (κ3) is 14.3. The Balaban J connectivity index is 3.22. The van der Waals surface area contributed by atoms with Gasteiger partial charge in [0.25, 0.3) is 0 Å². The zero-order chi connectivity index (χ0) is 15.8. The maximum atomic E-state index is 9.59. The van der Waals surface area contributed by atoms with Gasteiger partial charge >= 0.3 is 0 Å². The molecule has 2 atom stereocenters. The summed E-state index contributed by atoms with van der Waals surface area (Å²) in [5, 5.41) is 18.4. The van der Waals surface area contributed by atoms with Crippen molar-refractivity contribution < 1.29 is 10.2 Å². The summed E-state index contributed by atoms with van der Waals surface area (Å²) >= 11 is 0. The topological polar surface area (TPSA) is 66.5 Å². The Kier molecular flexibility index (Phi) is 15.7. The second kappa shape index (κ2) is 16.0. The third-order valence-corrected chi connectivity index (χ3v) is 3.97. The molecule has 3 heteroatoms. The van der Waals surface area contributed by atoms with Crippen LogP contribution in [0.5, 0.6) is 0 Å². The van der Waals surface area contributed by atoms with Gasteiger partial charge in [-0.25, -0.2) is 0 Å². The number of aliphatic hydroxyl groups excluding tert-OH is 2. The molecule has 0 amide bonds. The predicted octanol–water partition coefficient (Wildman–Crippen LogP) is 3.92. The molecular formula is C18H37NO2. The van der Waals surface area contributed by atoms with Gasteiger partial charge in [0.1, 0.15) is 0 Å². The van der Waals surface area contributed by atoms with Crippen LogP contribution < -0.4 is 5.73 Å². The summed E-state index contributed by atoms with van der Waals surface area (Å²) < 4.78 is 0. The van der Waals surface area contributed by atoms with Gasteiger partial charge in [0.15, 0.2) is 0 Å². The fraction of sp³-hybridized carbons (Fsp3) is 0.889. The largest absolute Gasteiger partial charge is 0.395 e. The van der Waals surface area contributed by atoms with E-state index in [1.807, 2.05) is 0 Å². The number of allylic oxidation sites excluding steroid dienone is 2. The van der Waals surface area contributed by atoms with Gasteiger partial charge in [-0.15, -0.1) is 0 Å². The van der Waals surface area contributed by atoms with Crippen molar-refractivity contribution in [3.63, 3.8) is 0 Å². The van der Waals surface area contributed by atoms with E-state index in [4.69, 9.17) is 10.8 Å². The molecule has 0 aromatic heterocycles. The van der Waals surface area contributed by atoms with Gasteiger partial charge in [0.2, 0.25) is 0 Å². The van der Waals surface area contributed by atoms with E-state index in [1.165, 1.54) is 51.4 Å². The van der Waals surface area contributed by atoms with Crippen molar-refractivity contribution >= 4 is 0 Å². The van der Waals surface area contributed by atoms with Gasteiger partial charge in [-0.3, -0.25) is 0 Å². The number of unbranched alkanes of at least 4 members (excludes halogenated alkanes) is 9. The molecule has 0 spiro atoms. The van der Waals surface area contributed by atoms with Crippen LogP contribution in [0.15, 0.2) is 12.2 Å². The molecule has 0 aromatic rings. The molecule has 0 radical (unpaired) electrons. The van der Waals surface area contributed by atoms with Crippen LogP contribution in [0.1, 0.15) is 84.0 Å². The molecule has 126 valence electrons. The van der Waals surface area contributed by atoms with Gasteiger partial charge in [-0.2, -0.15) is 0 Å². The lowest BCUT2D eigenvalue weighted by molar-refractivity contribution is 0.0993. The van der Waals surface area contributed by atoms with Crippen LogP contribution in [0, 0.1) is 0 Å². The fourth-order valence-electron chi connectivity index (χ4n) is 2.41. The number of rotatable bonds is 15. The first-order chi connectivity index (χ1) is 10.2. The SMILES string of the molecule is CCCCCCCCC/C=C/CCCCC(O)C(N)CO. The number of aliphatic hydroxyl groups is 2. The molecular weight excluding hydrogens is 262 g/mol. The molecule has 2 unspecified atom stereocenters. The molecule has 3 nitrogen and oxygen atoms in total. The molecule has 0 rings (SSSR count). The van der Waals surface area contributed by atoms with Crippen molar-refractivity contribution in [2.75, 3.05) is 6.61 Å². The minimum Gasteiger partial charge on any atom is -0.395 e.